The van der Waals surface area contributed by atoms with E-state index in [0.29, 0.717) is 37.6 Å². The van der Waals surface area contributed by atoms with Crippen molar-refractivity contribution in [2.45, 2.75) is 26.8 Å². The van der Waals surface area contributed by atoms with Crippen LogP contribution in [0, 0.1) is 0 Å². The molecule has 0 bridgehead atoms. The van der Waals surface area contributed by atoms with E-state index >= 15 is 0 Å². The van der Waals surface area contributed by atoms with Crippen LogP contribution in [0.1, 0.15) is 35.3 Å². The third kappa shape index (κ3) is 4.22. The van der Waals surface area contributed by atoms with Gasteiger partial charge in [-0.05, 0) is 67.8 Å². The van der Waals surface area contributed by atoms with Crippen molar-refractivity contribution in [3.05, 3.63) is 53.1 Å². The molecule has 6 heteroatoms. The fraction of sp³-hybridized carbons (Fsp3) is 0.350. The van der Waals surface area contributed by atoms with Crippen LogP contribution in [0.5, 0.6) is 11.5 Å². The molecule has 2 aromatic rings. The maximum atomic E-state index is 12.7. The predicted octanol–water partition coefficient (Wildman–Crippen LogP) is 3.69. The van der Waals surface area contributed by atoms with Crippen LogP contribution in [0.2, 0.25) is 0 Å². The van der Waals surface area contributed by atoms with Gasteiger partial charge in [0.15, 0.2) is 11.5 Å². The molecule has 0 unspecified atom stereocenters. The van der Waals surface area contributed by atoms with E-state index in [9.17, 15) is 4.79 Å². The second-order valence-corrected chi connectivity index (χ2v) is 6.03. The maximum absolute atomic E-state index is 12.7. The zero-order valence-electron chi connectivity index (χ0n) is 15.2. The van der Waals surface area contributed by atoms with Crippen LogP contribution in [-0.2, 0) is 13.0 Å². The van der Waals surface area contributed by atoms with E-state index in [4.69, 9.17) is 15.2 Å². The minimum atomic E-state index is 0. The summed E-state index contributed by atoms with van der Waals surface area (Å²) in [7, 11) is 0. The van der Waals surface area contributed by atoms with E-state index in [-0.39, 0.29) is 18.3 Å². The van der Waals surface area contributed by atoms with Crippen LogP contribution < -0.4 is 15.2 Å². The highest BCUT2D eigenvalue weighted by molar-refractivity contribution is 5.94. The molecule has 26 heavy (non-hydrogen) atoms. The van der Waals surface area contributed by atoms with E-state index in [1.54, 1.807) is 24.3 Å². The van der Waals surface area contributed by atoms with Crippen LogP contribution in [0.25, 0.3) is 0 Å². The van der Waals surface area contributed by atoms with Crippen molar-refractivity contribution >= 4 is 24.0 Å². The summed E-state index contributed by atoms with van der Waals surface area (Å²) in [6.45, 7) is 6.35. The lowest BCUT2D eigenvalue weighted by Crippen LogP contribution is -2.36. The number of rotatable bonds is 5. The van der Waals surface area contributed by atoms with Gasteiger partial charge in [-0.25, -0.2) is 0 Å². The Morgan fingerprint density at radius 1 is 1.04 bits per heavy atom. The van der Waals surface area contributed by atoms with E-state index in [2.05, 4.69) is 6.07 Å². The number of carbonyl (C=O) groups excluding carboxylic acids is 1. The largest absolute Gasteiger partial charge is 0.490 e. The minimum Gasteiger partial charge on any atom is -0.490 e. The van der Waals surface area contributed by atoms with Crippen molar-refractivity contribution in [1.29, 1.82) is 0 Å². The van der Waals surface area contributed by atoms with E-state index < -0.39 is 0 Å². The number of hydrogen-bond acceptors (Lipinski definition) is 4. The lowest BCUT2D eigenvalue weighted by molar-refractivity contribution is 0.0734. The molecule has 0 radical (unpaired) electrons. The number of fused-ring (bicyclic) bond motifs is 1. The summed E-state index contributed by atoms with van der Waals surface area (Å²) >= 11 is 0. The summed E-state index contributed by atoms with van der Waals surface area (Å²) in [5, 5.41) is 0. The van der Waals surface area contributed by atoms with Crippen molar-refractivity contribution in [3.63, 3.8) is 0 Å². The van der Waals surface area contributed by atoms with Gasteiger partial charge in [0.2, 0.25) is 0 Å². The van der Waals surface area contributed by atoms with Gasteiger partial charge in [-0.15, -0.1) is 12.4 Å². The SMILES string of the molecule is CCOc1cc2c(cc1OCC)CN(C(=O)c1ccc(N)cc1)CC2.Cl. The van der Waals surface area contributed by atoms with E-state index in [1.165, 1.54) is 5.56 Å². The molecule has 2 N–H and O–H groups in total. The minimum absolute atomic E-state index is 0. The summed E-state index contributed by atoms with van der Waals surface area (Å²) in [5.74, 6) is 1.55. The molecule has 3 rings (SSSR count). The lowest BCUT2D eigenvalue weighted by atomic mass is 9.98. The molecule has 1 amide bonds. The van der Waals surface area contributed by atoms with Crippen LogP contribution >= 0.6 is 12.4 Å². The number of ether oxygens (including phenoxy) is 2. The molecule has 2 aromatic carbocycles. The van der Waals surface area contributed by atoms with Crippen molar-refractivity contribution in [2.75, 3.05) is 25.5 Å². The van der Waals surface area contributed by atoms with Crippen LogP contribution in [-0.4, -0.2) is 30.6 Å². The second kappa shape index (κ2) is 8.81. The first-order valence-corrected chi connectivity index (χ1v) is 8.68. The van der Waals surface area contributed by atoms with E-state index in [1.807, 2.05) is 24.8 Å². The molecule has 0 aromatic heterocycles. The molecule has 0 saturated heterocycles. The monoisotopic (exact) mass is 376 g/mol. The van der Waals surface area contributed by atoms with Gasteiger partial charge in [0.25, 0.3) is 5.91 Å². The van der Waals surface area contributed by atoms with Crippen molar-refractivity contribution in [2.24, 2.45) is 0 Å². The molecule has 5 nitrogen and oxygen atoms in total. The van der Waals surface area contributed by atoms with Gasteiger partial charge < -0.3 is 20.1 Å². The Morgan fingerprint density at radius 3 is 2.19 bits per heavy atom. The molecule has 0 atom stereocenters. The number of nitrogens with two attached hydrogens (primary N) is 1. The summed E-state index contributed by atoms with van der Waals surface area (Å²) in [6, 6.07) is 11.1. The van der Waals surface area contributed by atoms with Gasteiger partial charge >= 0.3 is 0 Å². The Hall–Kier alpha value is -2.40. The molecule has 1 aliphatic rings. The van der Waals surface area contributed by atoms with Gasteiger partial charge in [-0.2, -0.15) is 0 Å². The van der Waals surface area contributed by atoms with Gasteiger partial charge in [-0.3, -0.25) is 4.79 Å². The maximum Gasteiger partial charge on any atom is 0.254 e. The molecule has 0 fully saturated rings. The Bertz CT molecular complexity index is 762. The van der Waals surface area contributed by atoms with Gasteiger partial charge in [0.1, 0.15) is 0 Å². The normalized spacial score (nSPS) is 12.8. The highest BCUT2D eigenvalue weighted by Crippen LogP contribution is 2.34. The summed E-state index contributed by atoms with van der Waals surface area (Å²) in [5.41, 5.74) is 9.35. The molecule has 1 heterocycles. The standard InChI is InChI=1S/C20H24N2O3.ClH/c1-3-24-18-11-15-9-10-22(13-16(15)12-19(18)25-4-2)20(23)14-5-7-17(21)8-6-14;/h5-8,11-12H,3-4,9-10,13,21H2,1-2H3;1H. The highest BCUT2D eigenvalue weighted by atomic mass is 35.5. The molecule has 0 spiro atoms. The lowest BCUT2D eigenvalue weighted by Gasteiger charge is -2.30. The number of hydrogen-bond donors (Lipinski definition) is 1. The van der Waals surface area contributed by atoms with Crippen molar-refractivity contribution in [3.8, 4) is 11.5 Å². The van der Waals surface area contributed by atoms with Crippen LogP contribution in [0.15, 0.2) is 36.4 Å². The van der Waals surface area contributed by atoms with Crippen molar-refractivity contribution < 1.29 is 14.3 Å². The van der Waals surface area contributed by atoms with Crippen LogP contribution in [0.3, 0.4) is 0 Å². The highest BCUT2D eigenvalue weighted by Gasteiger charge is 2.23. The zero-order chi connectivity index (χ0) is 17.8. The smallest absolute Gasteiger partial charge is 0.254 e. The molecular weight excluding hydrogens is 352 g/mol. The average Bonchev–Trinajstić information content (AvgIpc) is 2.62. The van der Waals surface area contributed by atoms with Gasteiger partial charge in [0, 0.05) is 24.3 Å². The first-order chi connectivity index (χ1) is 12.1. The molecular formula is C20H25ClN2O3. The topological polar surface area (TPSA) is 64.8 Å². The number of carbonyl (C=O) groups is 1. The number of halogens is 1. The Kier molecular flexibility index (Phi) is 6.75. The molecule has 140 valence electrons. The van der Waals surface area contributed by atoms with E-state index in [0.717, 1.165) is 23.5 Å². The fourth-order valence-electron chi connectivity index (χ4n) is 3.08. The number of amides is 1. The van der Waals surface area contributed by atoms with Gasteiger partial charge in [-0.1, -0.05) is 0 Å². The number of benzene rings is 2. The quantitative estimate of drug-likeness (QED) is 0.808. The first-order valence-electron chi connectivity index (χ1n) is 8.68. The Labute approximate surface area is 160 Å². The second-order valence-electron chi connectivity index (χ2n) is 6.03. The summed E-state index contributed by atoms with van der Waals surface area (Å²) < 4.78 is 11.4. The Morgan fingerprint density at radius 2 is 1.62 bits per heavy atom. The average molecular weight is 377 g/mol. The number of nitrogen functional groups attached to an aromatic ring is 1. The first kappa shape index (κ1) is 19.9. The summed E-state index contributed by atoms with van der Waals surface area (Å²) in [6.07, 6.45) is 0.808. The third-order valence-electron chi connectivity index (χ3n) is 4.32. The third-order valence-corrected chi connectivity index (χ3v) is 4.32. The molecule has 1 aliphatic heterocycles. The number of nitrogens with zero attached hydrogens (tertiary/aromatic N) is 1. The zero-order valence-corrected chi connectivity index (χ0v) is 16.0. The van der Waals surface area contributed by atoms with Crippen molar-refractivity contribution in [1.82, 2.24) is 4.90 Å². The molecule has 0 saturated carbocycles. The molecule has 0 aliphatic carbocycles. The summed E-state index contributed by atoms with van der Waals surface area (Å²) in [4.78, 5) is 14.6. The Balaban J connectivity index is 0.00000243. The van der Waals surface area contributed by atoms with Crippen LogP contribution in [0.4, 0.5) is 5.69 Å². The predicted molar refractivity (Wildman–Crippen MR) is 105 cm³/mol. The fourth-order valence-corrected chi connectivity index (χ4v) is 3.08. The number of anilines is 1. The van der Waals surface area contributed by atoms with Gasteiger partial charge in [0.05, 0.1) is 13.2 Å².